The summed E-state index contributed by atoms with van der Waals surface area (Å²) in [5.74, 6) is 2.16. The predicted molar refractivity (Wildman–Crippen MR) is 77.3 cm³/mol. The third-order valence-electron chi connectivity index (χ3n) is 3.19. The van der Waals surface area contributed by atoms with Crippen molar-refractivity contribution in [1.82, 2.24) is 4.98 Å². The van der Waals surface area contributed by atoms with Gasteiger partial charge in [-0.2, -0.15) is 0 Å². The summed E-state index contributed by atoms with van der Waals surface area (Å²) < 4.78 is 11.0. The van der Waals surface area contributed by atoms with Crippen LogP contribution in [0.5, 0.6) is 11.5 Å². The van der Waals surface area contributed by atoms with Crippen molar-refractivity contribution >= 4 is 11.8 Å². The third kappa shape index (κ3) is 2.59. The topological polar surface area (TPSA) is 51.6 Å². The standard InChI is InChI=1S/C15H15NO3S/c1-18-11-6-10(7-16-8-11)15(17)13-9-20-14-5-3-2-4-12(14)19-13/h2-8,13,15,17H,9H2,1H3. The van der Waals surface area contributed by atoms with Crippen molar-refractivity contribution in [2.24, 2.45) is 0 Å². The molecule has 0 amide bonds. The van der Waals surface area contributed by atoms with Gasteiger partial charge in [0.2, 0.25) is 0 Å². The molecule has 2 aromatic rings. The zero-order chi connectivity index (χ0) is 13.9. The summed E-state index contributed by atoms with van der Waals surface area (Å²) in [6.45, 7) is 0. The van der Waals surface area contributed by atoms with Crippen LogP contribution in [0.4, 0.5) is 0 Å². The Labute approximate surface area is 121 Å². The van der Waals surface area contributed by atoms with Gasteiger partial charge in [-0.05, 0) is 18.2 Å². The number of nitrogens with zero attached hydrogens (tertiary/aromatic N) is 1. The van der Waals surface area contributed by atoms with Gasteiger partial charge < -0.3 is 14.6 Å². The van der Waals surface area contributed by atoms with Crippen LogP contribution in [0.1, 0.15) is 11.7 Å². The Morgan fingerprint density at radius 1 is 1.40 bits per heavy atom. The fraction of sp³-hybridized carbons (Fsp3) is 0.267. The minimum absolute atomic E-state index is 0.288. The predicted octanol–water partition coefficient (Wildman–Crippen LogP) is 2.68. The molecule has 1 aliphatic heterocycles. The molecular weight excluding hydrogens is 274 g/mol. The number of benzene rings is 1. The van der Waals surface area contributed by atoms with Gasteiger partial charge >= 0.3 is 0 Å². The number of fused-ring (bicyclic) bond motifs is 1. The maximum absolute atomic E-state index is 10.5. The molecule has 2 atom stereocenters. The lowest BCUT2D eigenvalue weighted by atomic mass is 10.1. The number of thioether (sulfide) groups is 1. The van der Waals surface area contributed by atoms with E-state index in [9.17, 15) is 5.11 Å². The molecule has 5 heteroatoms. The molecule has 2 unspecified atom stereocenters. The summed E-state index contributed by atoms with van der Waals surface area (Å²) in [6.07, 6.45) is 2.24. The molecule has 0 aliphatic carbocycles. The monoisotopic (exact) mass is 289 g/mol. The first-order valence-corrected chi connectivity index (χ1v) is 7.32. The molecule has 1 aromatic heterocycles. The van der Waals surface area contributed by atoms with Crippen molar-refractivity contribution < 1.29 is 14.6 Å². The van der Waals surface area contributed by atoms with Gasteiger partial charge in [-0.25, -0.2) is 0 Å². The number of rotatable bonds is 3. The average molecular weight is 289 g/mol. The van der Waals surface area contributed by atoms with E-state index in [4.69, 9.17) is 9.47 Å². The molecule has 0 radical (unpaired) electrons. The van der Waals surface area contributed by atoms with E-state index in [1.165, 1.54) is 0 Å². The summed E-state index contributed by atoms with van der Waals surface area (Å²) in [6, 6.07) is 9.64. The van der Waals surface area contributed by atoms with Crippen molar-refractivity contribution in [2.45, 2.75) is 17.1 Å². The van der Waals surface area contributed by atoms with E-state index in [2.05, 4.69) is 4.98 Å². The number of methoxy groups -OCH3 is 1. The van der Waals surface area contributed by atoms with Crippen molar-refractivity contribution in [1.29, 1.82) is 0 Å². The Morgan fingerprint density at radius 2 is 2.25 bits per heavy atom. The van der Waals surface area contributed by atoms with Gasteiger partial charge in [0.15, 0.2) is 0 Å². The van der Waals surface area contributed by atoms with Crippen molar-refractivity contribution in [3.05, 3.63) is 48.3 Å². The Kier molecular flexibility index (Phi) is 3.80. The first kappa shape index (κ1) is 13.3. The van der Waals surface area contributed by atoms with Gasteiger partial charge in [0.1, 0.15) is 23.7 Å². The van der Waals surface area contributed by atoms with Crippen LogP contribution in [-0.2, 0) is 0 Å². The van der Waals surface area contributed by atoms with Crippen LogP contribution in [-0.4, -0.2) is 29.1 Å². The summed E-state index contributed by atoms with van der Waals surface area (Å²) >= 11 is 1.69. The number of para-hydroxylation sites is 1. The minimum Gasteiger partial charge on any atom is -0.495 e. The molecular formula is C15H15NO3S. The quantitative estimate of drug-likeness (QED) is 0.941. The molecule has 0 saturated heterocycles. The summed E-state index contributed by atoms with van der Waals surface area (Å²) in [7, 11) is 1.58. The highest BCUT2D eigenvalue weighted by Crippen LogP contribution is 2.38. The molecule has 1 aromatic carbocycles. The maximum Gasteiger partial charge on any atom is 0.138 e. The molecule has 0 bridgehead atoms. The lowest BCUT2D eigenvalue weighted by Gasteiger charge is -2.29. The number of aliphatic hydroxyl groups is 1. The van der Waals surface area contributed by atoms with E-state index in [0.29, 0.717) is 17.1 Å². The van der Waals surface area contributed by atoms with E-state index < -0.39 is 6.10 Å². The van der Waals surface area contributed by atoms with Gasteiger partial charge in [0.25, 0.3) is 0 Å². The zero-order valence-corrected chi connectivity index (χ0v) is 11.8. The molecule has 0 saturated carbocycles. The van der Waals surface area contributed by atoms with Crippen molar-refractivity contribution in [2.75, 3.05) is 12.9 Å². The number of hydrogen-bond donors (Lipinski definition) is 1. The Bertz CT molecular complexity index is 605. The maximum atomic E-state index is 10.5. The van der Waals surface area contributed by atoms with Gasteiger partial charge in [0.05, 0.1) is 13.3 Å². The smallest absolute Gasteiger partial charge is 0.138 e. The summed E-state index contributed by atoms with van der Waals surface area (Å²) in [5.41, 5.74) is 0.703. The SMILES string of the molecule is COc1cncc(C(O)C2CSc3ccccc3O2)c1. The molecule has 4 nitrogen and oxygen atoms in total. The molecule has 104 valence electrons. The van der Waals surface area contributed by atoms with Crippen LogP contribution >= 0.6 is 11.8 Å². The number of ether oxygens (including phenoxy) is 2. The van der Waals surface area contributed by atoms with Crippen LogP contribution in [0.15, 0.2) is 47.6 Å². The highest BCUT2D eigenvalue weighted by molar-refractivity contribution is 7.99. The van der Waals surface area contributed by atoms with Gasteiger partial charge in [0, 0.05) is 22.4 Å². The van der Waals surface area contributed by atoms with E-state index >= 15 is 0 Å². The minimum atomic E-state index is -0.724. The Morgan fingerprint density at radius 3 is 3.10 bits per heavy atom. The molecule has 1 N–H and O–H groups in total. The third-order valence-corrected chi connectivity index (χ3v) is 4.34. The molecule has 0 fully saturated rings. The highest BCUT2D eigenvalue weighted by atomic mass is 32.2. The van der Waals surface area contributed by atoms with Crippen LogP contribution in [0.2, 0.25) is 0 Å². The summed E-state index contributed by atoms with van der Waals surface area (Å²) in [5, 5.41) is 10.5. The van der Waals surface area contributed by atoms with Crippen LogP contribution in [0.25, 0.3) is 0 Å². The van der Waals surface area contributed by atoms with E-state index in [0.717, 1.165) is 10.6 Å². The van der Waals surface area contributed by atoms with Gasteiger partial charge in [-0.1, -0.05) is 12.1 Å². The molecule has 20 heavy (non-hydrogen) atoms. The lowest BCUT2D eigenvalue weighted by molar-refractivity contribution is 0.0454. The first-order chi connectivity index (χ1) is 9.78. The van der Waals surface area contributed by atoms with Crippen LogP contribution in [0.3, 0.4) is 0 Å². The average Bonchev–Trinajstić information content (AvgIpc) is 2.53. The molecule has 3 rings (SSSR count). The number of pyridine rings is 1. The Balaban J connectivity index is 1.80. The second-order valence-electron chi connectivity index (χ2n) is 4.52. The van der Waals surface area contributed by atoms with E-state index in [1.807, 2.05) is 24.3 Å². The van der Waals surface area contributed by atoms with Gasteiger partial charge in [-0.15, -0.1) is 11.8 Å². The molecule has 2 heterocycles. The Hall–Kier alpha value is -1.72. The van der Waals surface area contributed by atoms with Gasteiger partial charge in [-0.3, -0.25) is 4.98 Å². The number of hydrogen-bond acceptors (Lipinski definition) is 5. The first-order valence-electron chi connectivity index (χ1n) is 6.33. The highest BCUT2D eigenvalue weighted by Gasteiger charge is 2.28. The lowest BCUT2D eigenvalue weighted by Crippen LogP contribution is -2.30. The van der Waals surface area contributed by atoms with E-state index in [1.54, 1.807) is 37.3 Å². The molecule has 1 aliphatic rings. The fourth-order valence-corrected chi connectivity index (χ4v) is 3.14. The molecule has 0 spiro atoms. The zero-order valence-electron chi connectivity index (χ0n) is 11.0. The second-order valence-corrected chi connectivity index (χ2v) is 5.58. The second kappa shape index (κ2) is 5.73. The van der Waals surface area contributed by atoms with Crippen LogP contribution in [0, 0.1) is 0 Å². The normalized spacial score (nSPS) is 18.8. The van der Waals surface area contributed by atoms with Crippen LogP contribution < -0.4 is 9.47 Å². The van der Waals surface area contributed by atoms with E-state index in [-0.39, 0.29) is 6.10 Å². The van der Waals surface area contributed by atoms with Crippen molar-refractivity contribution in [3.63, 3.8) is 0 Å². The number of aliphatic hydroxyl groups excluding tert-OH is 1. The largest absolute Gasteiger partial charge is 0.495 e. The summed E-state index contributed by atoms with van der Waals surface area (Å²) in [4.78, 5) is 5.18. The number of aromatic nitrogens is 1. The fourth-order valence-electron chi connectivity index (χ4n) is 2.12. The van der Waals surface area contributed by atoms with Crippen molar-refractivity contribution in [3.8, 4) is 11.5 Å².